The van der Waals surface area contributed by atoms with E-state index in [1.54, 1.807) is 0 Å². The van der Waals surface area contributed by atoms with Crippen LogP contribution in [0.15, 0.2) is 30.8 Å². The van der Waals surface area contributed by atoms with Gasteiger partial charge in [0.15, 0.2) is 16.1 Å². The SMILES string of the molecule is C=Cc1ccccc1CCCO[SiH2]CCC(OCC)OCC. The maximum atomic E-state index is 5.84. The van der Waals surface area contributed by atoms with E-state index in [-0.39, 0.29) is 6.29 Å². The molecule has 0 atom stereocenters. The smallest absolute Gasteiger partial charge is 0.161 e. The second-order valence-electron chi connectivity index (χ2n) is 5.10. The lowest BCUT2D eigenvalue weighted by atomic mass is 10.0. The van der Waals surface area contributed by atoms with Gasteiger partial charge in [-0.1, -0.05) is 36.9 Å². The van der Waals surface area contributed by atoms with Gasteiger partial charge in [-0.3, -0.25) is 0 Å². The molecule has 1 aromatic carbocycles. The normalized spacial score (nSPS) is 11.6. The van der Waals surface area contributed by atoms with Crippen LogP contribution in [0.3, 0.4) is 0 Å². The lowest BCUT2D eigenvalue weighted by Crippen LogP contribution is -2.18. The van der Waals surface area contributed by atoms with Gasteiger partial charge in [-0.25, -0.2) is 0 Å². The van der Waals surface area contributed by atoms with Gasteiger partial charge in [-0.15, -0.1) is 0 Å². The lowest BCUT2D eigenvalue weighted by molar-refractivity contribution is -0.136. The highest BCUT2D eigenvalue weighted by Gasteiger charge is 2.07. The molecule has 1 aromatic rings. The summed E-state index contributed by atoms with van der Waals surface area (Å²) in [6, 6.07) is 9.52. The molecule has 0 saturated carbocycles. The largest absolute Gasteiger partial charge is 0.424 e. The summed E-state index contributed by atoms with van der Waals surface area (Å²) in [7, 11) is -0.461. The molecule has 22 heavy (non-hydrogen) atoms. The van der Waals surface area contributed by atoms with Gasteiger partial charge >= 0.3 is 0 Å². The predicted molar refractivity (Wildman–Crippen MR) is 95.8 cm³/mol. The van der Waals surface area contributed by atoms with Crippen LogP contribution in [0.1, 0.15) is 37.8 Å². The third-order valence-electron chi connectivity index (χ3n) is 3.44. The Morgan fingerprint density at radius 1 is 1.18 bits per heavy atom. The molecule has 1 rings (SSSR count). The third-order valence-corrected chi connectivity index (χ3v) is 4.72. The Morgan fingerprint density at radius 3 is 2.59 bits per heavy atom. The van der Waals surface area contributed by atoms with Crippen LogP contribution in [-0.4, -0.2) is 35.9 Å². The molecule has 0 aromatic heterocycles. The number of benzene rings is 1. The summed E-state index contributed by atoms with van der Waals surface area (Å²) in [5.74, 6) is 0. The van der Waals surface area contributed by atoms with Crippen molar-refractivity contribution in [2.45, 2.75) is 45.4 Å². The number of rotatable bonds is 13. The van der Waals surface area contributed by atoms with E-state index in [1.807, 2.05) is 19.9 Å². The van der Waals surface area contributed by atoms with Crippen LogP contribution in [0.5, 0.6) is 0 Å². The van der Waals surface area contributed by atoms with Gasteiger partial charge in [0.25, 0.3) is 0 Å². The maximum Gasteiger partial charge on any atom is 0.161 e. The van der Waals surface area contributed by atoms with E-state index in [4.69, 9.17) is 13.9 Å². The van der Waals surface area contributed by atoms with Gasteiger partial charge in [0.05, 0.1) is 0 Å². The predicted octanol–water partition coefficient (Wildman–Crippen LogP) is 3.57. The number of ether oxygens (including phenoxy) is 2. The van der Waals surface area contributed by atoms with E-state index in [1.165, 1.54) is 11.1 Å². The molecule has 0 aliphatic carbocycles. The zero-order chi connectivity index (χ0) is 16.0. The Labute approximate surface area is 137 Å². The van der Waals surface area contributed by atoms with E-state index in [9.17, 15) is 0 Å². The van der Waals surface area contributed by atoms with Crippen molar-refractivity contribution in [3.63, 3.8) is 0 Å². The molecule has 0 fully saturated rings. The summed E-state index contributed by atoms with van der Waals surface area (Å²) in [5, 5.41) is 0. The van der Waals surface area contributed by atoms with Crippen LogP contribution in [0.4, 0.5) is 0 Å². The molecule has 124 valence electrons. The van der Waals surface area contributed by atoms with Crippen molar-refractivity contribution in [2.24, 2.45) is 0 Å². The van der Waals surface area contributed by atoms with E-state index in [0.717, 1.165) is 31.9 Å². The highest BCUT2D eigenvalue weighted by Crippen LogP contribution is 2.12. The fourth-order valence-corrected chi connectivity index (χ4v) is 3.48. The Kier molecular flexibility index (Phi) is 10.9. The fraction of sp³-hybridized carbons (Fsp3) is 0.556. The minimum absolute atomic E-state index is 0.0504. The van der Waals surface area contributed by atoms with Gasteiger partial charge < -0.3 is 13.9 Å². The second kappa shape index (κ2) is 12.6. The summed E-state index contributed by atoms with van der Waals surface area (Å²) in [6.45, 7) is 10.1. The number of aryl methyl sites for hydroxylation is 1. The van der Waals surface area contributed by atoms with Gasteiger partial charge in [0.1, 0.15) is 0 Å². The number of hydrogen-bond donors (Lipinski definition) is 0. The van der Waals surface area contributed by atoms with Gasteiger partial charge in [-0.05, 0) is 50.3 Å². The number of hydrogen-bond acceptors (Lipinski definition) is 3. The summed E-state index contributed by atoms with van der Waals surface area (Å²) >= 11 is 0. The highest BCUT2D eigenvalue weighted by molar-refractivity contribution is 6.26. The van der Waals surface area contributed by atoms with Crippen LogP contribution < -0.4 is 0 Å². The standard InChI is InChI=1S/C18H30O3Si/c1-4-16-10-7-8-11-17(16)12-9-14-21-22-15-13-18(19-5-2)20-6-3/h4,7-8,10-11,18H,1,5-6,9,12-15,22H2,2-3H3. The average Bonchev–Trinajstić information content (AvgIpc) is 2.54. The average molecular weight is 323 g/mol. The van der Waals surface area contributed by atoms with Crippen molar-refractivity contribution in [2.75, 3.05) is 19.8 Å². The lowest BCUT2D eigenvalue weighted by Gasteiger charge is -2.16. The molecule has 3 nitrogen and oxygen atoms in total. The first kappa shape index (κ1) is 19.1. The van der Waals surface area contributed by atoms with E-state index in [2.05, 4.69) is 30.8 Å². The molecular weight excluding hydrogens is 292 g/mol. The minimum atomic E-state index is -0.461. The quantitative estimate of drug-likeness (QED) is 0.316. The first-order chi connectivity index (χ1) is 10.8. The molecule has 4 heteroatoms. The molecule has 0 N–H and O–H groups in total. The minimum Gasteiger partial charge on any atom is -0.424 e. The van der Waals surface area contributed by atoms with Gasteiger partial charge in [0, 0.05) is 19.8 Å². The molecule has 0 spiro atoms. The zero-order valence-electron chi connectivity index (χ0n) is 14.1. The summed E-state index contributed by atoms with van der Waals surface area (Å²) in [6.07, 6.45) is 4.94. The molecule has 0 radical (unpaired) electrons. The molecule has 0 aliphatic heterocycles. The molecule has 0 amide bonds. The molecule has 0 heterocycles. The van der Waals surface area contributed by atoms with Crippen molar-refractivity contribution in [3.05, 3.63) is 42.0 Å². The summed E-state index contributed by atoms with van der Waals surface area (Å²) in [5.41, 5.74) is 2.59. The fourth-order valence-electron chi connectivity index (χ4n) is 2.37. The van der Waals surface area contributed by atoms with Crippen molar-refractivity contribution >= 4 is 15.8 Å². The van der Waals surface area contributed by atoms with Crippen LogP contribution >= 0.6 is 0 Å². The molecule has 0 bridgehead atoms. The van der Waals surface area contributed by atoms with Crippen LogP contribution in [0, 0.1) is 0 Å². The van der Waals surface area contributed by atoms with E-state index < -0.39 is 9.76 Å². The maximum absolute atomic E-state index is 5.84. The molecular formula is C18H30O3Si. The Morgan fingerprint density at radius 2 is 1.91 bits per heavy atom. The van der Waals surface area contributed by atoms with Crippen molar-refractivity contribution in [1.29, 1.82) is 0 Å². The third kappa shape index (κ3) is 7.89. The first-order valence-electron chi connectivity index (χ1n) is 8.33. The Hall–Kier alpha value is -0.943. The molecule has 0 saturated heterocycles. The van der Waals surface area contributed by atoms with Crippen LogP contribution in [0.2, 0.25) is 6.04 Å². The van der Waals surface area contributed by atoms with Crippen LogP contribution in [0.25, 0.3) is 6.08 Å². The van der Waals surface area contributed by atoms with Gasteiger partial charge in [0.2, 0.25) is 0 Å². The molecule has 0 unspecified atom stereocenters. The first-order valence-corrected chi connectivity index (χ1v) is 9.90. The second-order valence-corrected chi connectivity index (χ2v) is 6.62. The van der Waals surface area contributed by atoms with E-state index >= 15 is 0 Å². The summed E-state index contributed by atoms with van der Waals surface area (Å²) in [4.78, 5) is 0. The Bertz CT molecular complexity index is 403. The molecule has 0 aliphatic rings. The zero-order valence-corrected chi connectivity index (χ0v) is 15.5. The van der Waals surface area contributed by atoms with Crippen molar-refractivity contribution < 1.29 is 13.9 Å². The van der Waals surface area contributed by atoms with E-state index in [0.29, 0.717) is 13.2 Å². The van der Waals surface area contributed by atoms with Gasteiger partial charge in [-0.2, -0.15) is 0 Å². The highest BCUT2D eigenvalue weighted by atomic mass is 28.2. The van der Waals surface area contributed by atoms with Crippen molar-refractivity contribution in [1.82, 2.24) is 0 Å². The Balaban J connectivity index is 2.09. The van der Waals surface area contributed by atoms with Crippen LogP contribution in [-0.2, 0) is 20.3 Å². The van der Waals surface area contributed by atoms with Crippen molar-refractivity contribution in [3.8, 4) is 0 Å². The monoisotopic (exact) mass is 322 g/mol. The topological polar surface area (TPSA) is 27.7 Å². The summed E-state index contributed by atoms with van der Waals surface area (Å²) < 4.78 is 16.9.